The van der Waals surface area contributed by atoms with Crippen LogP contribution in [0.15, 0.2) is 0 Å². The van der Waals surface area contributed by atoms with Gasteiger partial charge in [0.15, 0.2) is 6.29 Å². The molecule has 0 unspecified atom stereocenters. The predicted octanol–water partition coefficient (Wildman–Crippen LogP) is -0.682. The minimum atomic E-state index is -0.125. The van der Waals surface area contributed by atoms with Crippen molar-refractivity contribution in [2.24, 2.45) is 5.73 Å². The first-order chi connectivity index (χ1) is 3.43. The van der Waals surface area contributed by atoms with Crippen molar-refractivity contribution in [3.05, 3.63) is 0 Å². The topological polar surface area (TPSA) is 44.5 Å². The van der Waals surface area contributed by atoms with Gasteiger partial charge in [0.1, 0.15) is 0 Å². The summed E-state index contributed by atoms with van der Waals surface area (Å²) in [4.78, 5) is 0. The molecule has 0 aromatic carbocycles. The van der Waals surface area contributed by atoms with Crippen LogP contribution in [0.5, 0.6) is 0 Å². The molecule has 0 radical (unpaired) electrons. The summed E-state index contributed by atoms with van der Waals surface area (Å²) in [5.74, 6) is 0. The first-order valence-corrected chi connectivity index (χ1v) is 2.37. The first-order valence-electron chi connectivity index (χ1n) is 2.37. The zero-order valence-corrected chi connectivity index (χ0v) is 4.09. The fourth-order valence-electron chi connectivity index (χ4n) is 0.543. The monoisotopic (exact) mass is 103 g/mol. The van der Waals surface area contributed by atoms with Crippen molar-refractivity contribution >= 4 is 0 Å². The molecule has 0 aliphatic carbocycles. The van der Waals surface area contributed by atoms with Gasteiger partial charge >= 0.3 is 0 Å². The maximum Gasteiger partial charge on any atom is 0.169 e. The van der Waals surface area contributed by atoms with Gasteiger partial charge in [-0.1, -0.05) is 0 Å². The molecule has 7 heavy (non-hydrogen) atoms. The molecule has 1 aliphatic rings. The molecule has 0 atom stereocenters. The Balaban J connectivity index is 2.14. The highest BCUT2D eigenvalue weighted by molar-refractivity contribution is 4.49. The van der Waals surface area contributed by atoms with Crippen molar-refractivity contribution in [2.45, 2.75) is 6.29 Å². The molecule has 0 amide bonds. The summed E-state index contributed by atoms with van der Waals surface area (Å²) in [6.45, 7) is 1.86. The van der Waals surface area contributed by atoms with Gasteiger partial charge in [0.2, 0.25) is 0 Å². The highest BCUT2D eigenvalue weighted by Crippen LogP contribution is 1.99. The van der Waals surface area contributed by atoms with E-state index in [9.17, 15) is 0 Å². The lowest BCUT2D eigenvalue weighted by Crippen LogP contribution is -2.19. The fraction of sp³-hybridized carbons (Fsp3) is 1.00. The second kappa shape index (κ2) is 2.26. The molecule has 1 heterocycles. The van der Waals surface area contributed by atoms with E-state index in [2.05, 4.69) is 0 Å². The smallest absolute Gasteiger partial charge is 0.169 e. The van der Waals surface area contributed by atoms with Gasteiger partial charge in [-0.25, -0.2) is 0 Å². The van der Waals surface area contributed by atoms with E-state index >= 15 is 0 Å². The molecule has 0 bridgehead atoms. The predicted molar refractivity (Wildman–Crippen MR) is 24.7 cm³/mol. The van der Waals surface area contributed by atoms with Crippen LogP contribution in [0.2, 0.25) is 0 Å². The maximum absolute atomic E-state index is 5.18. The quantitative estimate of drug-likeness (QED) is 0.478. The first kappa shape index (κ1) is 5.03. The molecule has 1 rings (SSSR count). The van der Waals surface area contributed by atoms with Gasteiger partial charge in [-0.15, -0.1) is 0 Å². The molecule has 1 fully saturated rings. The zero-order valence-electron chi connectivity index (χ0n) is 4.09. The SMILES string of the molecule is NCC1OCCO1. The summed E-state index contributed by atoms with van der Waals surface area (Å²) in [6, 6.07) is 0. The molecule has 0 spiro atoms. The van der Waals surface area contributed by atoms with E-state index in [0.717, 1.165) is 0 Å². The second-order valence-corrected chi connectivity index (χ2v) is 1.41. The van der Waals surface area contributed by atoms with Gasteiger partial charge in [0.05, 0.1) is 13.2 Å². The lowest BCUT2D eigenvalue weighted by Gasteiger charge is -2.01. The van der Waals surface area contributed by atoms with Gasteiger partial charge in [0, 0.05) is 6.54 Å². The molecule has 0 aromatic heterocycles. The van der Waals surface area contributed by atoms with E-state index < -0.39 is 0 Å². The Hall–Kier alpha value is -0.120. The van der Waals surface area contributed by atoms with Crippen LogP contribution < -0.4 is 5.73 Å². The molecule has 3 nitrogen and oxygen atoms in total. The molecule has 42 valence electrons. The summed E-state index contributed by atoms with van der Waals surface area (Å²) in [6.07, 6.45) is -0.125. The number of hydrogen-bond acceptors (Lipinski definition) is 3. The number of rotatable bonds is 1. The fourth-order valence-corrected chi connectivity index (χ4v) is 0.543. The standard InChI is InChI=1S/C4H9NO2/c5-3-4-6-1-2-7-4/h4H,1-3,5H2. The van der Waals surface area contributed by atoms with Crippen LogP contribution in [0.4, 0.5) is 0 Å². The highest BCUT2D eigenvalue weighted by Gasteiger charge is 2.11. The van der Waals surface area contributed by atoms with Gasteiger partial charge in [-0.2, -0.15) is 0 Å². The van der Waals surface area contributed by atoms with Crippen molar-refractivity contribution < 1.29 is 9.47 Å². The van der Waals surface area contributed by atoms with Gasteiger partial charge in [-0.3, -0.25) is 0 Å². The average molecular weight is 103 g/mol. The summed E-state index contributed by atoms with van der Waals surface area (Å²) in [7, 11) is 0. The van der Waals surface area contributed by atoms with E-state index in [4.69, 9.17) is 15.2 Å². The van der Waals surface area contributed by atoms with Crippen LogP contribution in [-0.2, 0) is 9.47 Å². The highest BCUT2D eigenvalue weighted by atomic mass is 16.7. The summed E-state index contributed by atoms with van der Waals surface area (Å²) in [5.41, 5.74) is 5.18. The molecule has 0 aromatic rings. The van der Waals surface area contributed by atoms with Crippen molar-refractivity contribution in [3.8, 4) is 0 Å². The Bertz CT molecular complexity index is 51.7. The third kappa shape index (κ3) is 1.12. The van der Waals surface area contributed by atoms with E-state index in [1.807, 2.05) is 0 Å². The van der Waals surface area contributed by atoms with Crippen LogP contribution in [0.1, 0.15) is 0 Å². The zero-order chi connectivity index (χ0) is 5.11. The third-order valence-corrected chi connectivity index (χ3v) is 0.883. The van der Waals surface area contributed by atoms with Crippen LogP contribution in [0, 0.1) is 0 Å². The van der Waals surface area contributed by atoms with Gasteiger partial charge in [0.25, 0.3) is 0 Å². The lowest BCUT2D eigenvalue weighted by atomic mass is 10.7. The Morgan fingerprint density at radius 3 is 2.29 bits per heavy atom. The number of nitrogens with two attached hydrogens (primary N) is 1. The normalized spacial score (nSPS) is 23.6. The minimum absolute atomic E-state index is 0.125. The maximum atomic E-state index is 5.18. The summed E-state index contributed by atoms with van der Waals surface area (Å²) >= 11 is 0. The molecule has 3 heteroatoms. The number of ether oxygens (including phenoxy) is 2. The van der Waals surface area contributed by atoms with Crippen LogP contribution in [-0.4, -0.2) is 26.0 Å². The minimum Gasteiger partial charge on any atom is -0.349 e. The second-order valence-electron chi connectivity index (χ2n) is 1.41. The number of hydrogen-bond donors (Lipinski definition) is 1. The Kier molecular flexibility index (Phi) is 1.62. The van der Waals surface area contributed by atoms with E-state index in [1.165, 1.54) is 0 Å². The Morgan fingerprint density at radius 2 is 2.00 bits per heavy atom. The van der Waals surface area contributed by atoms with E-state index in [1.54, 1.807) is 0 Å². The Morgan fingerprint density at radius 1 is 1.43 bits per heavy atom. The van der Waals surface area contributed by atoms with Gasteiger partial charge in [-0.05, 0) is 0 Å². The lowest BCUT2D eigenvalue weighted by molar-refractivity contribution is -0.0330. The Labute approximate surface area is 42.4 Å². The van der Waals surface area contributed by atoms with Crippen LogP contribution in [0.25, 0.3) is 0 Å². The largest absolute Gasteiger partial charge is 0.349 e. The molecule has 1 aliphatic heterocycles. The summed E-state index contributed by atoms with van der Waals surface area (Å²) < 4.78 is 9.91. The molecule has 1 saturated heterocycles. The average Bonchev–Trinajstić information content (AvgIpc) is 2.14. The van der Waals surface area contributed by atoms with Crippen molar-refractivity contribution in [1.29, 1.82) is 0 Å². The van der Waals surface area contributed by atoms with Crippen molar-refractivity contribution in [3.63, 3.8) is 0 Å². The molecular formula is C4H9NO2. The molecule has 2 N–H and O–H groups in total. The van der Waals surface area contributed by atoms with Crippen LogP contribution in [0.3, 0.4) is 0 Å². The van der Waals surface area contributed by atoms with Crippen molar-refractivity contribution in [1.82, 2.24) is 0 Å². The van der Waals surface area contributed by atoms with Gasteiger partial charge < -0.3 is 15.2 Å². The third-order valence-electron chi connectivity index (χ3n) is 0.883. The molecule has 0 saturated carbocycles. The molecular weight excluding hydrogens is 94.0 g/mol. The summed E-state index contributed by atoms with van der Waals surface area (Å²) in [5, 5.41) is 0. The van der Waals surface area contributed by atoms with E-state index in [0.29, 0.717) is 19.8 Å². The van der Waals surface area contributed by atoms with Crippen molar-refractivity contribution in [2.75, 3.05) is 19.8 Å². The van der Waals surface area contributed by atoms with Crippen LogP contribution >= 0.6 is 0 Å². The van der Waals surface area contributed by atoms with E-state index in [-0.39, 0.29) is 6.29 Å².